The van der Waals surface area contributed by atoms with Crippen molar-refractivity contribution in [2.75, 3.05) is 0 Å². The summed E-state index contributed by atoms with van der Waals surface area (Å²) in [5, 5.41) is 5.81. The van der Waals surface area contributed by atoms with Crippen LogP contribution in [0.15, 0.2) is 72.9 Å². The Labute approximate surface area is 145 Å². The second-order valence-electron chi connectivity index (χ2n) is 5.77. The Morgan fingerprint density at radius 1 is 0.880 bits per heavy atom. The number of halogens is 1. The lowest BCUT2D eigenvalue weighted by Crippen LogP contribution is -2.01. The van der Waals surface area contributed by atoms with Gasteiger partial charge in [-0.15, -0.1) is 0 Å². The van der Waals surface area contributed by atoms with Gasteiger partial charge >= 0.3 is 0 Å². The minimum atomic E-state index is -0.229. The third-order valence-corrected chi connectivity index (χ3v) is 4.03. The van der Waals surface area contributed by atoms with E-state index in [2.05, 4.69) is 11.1 Å². The molecule has 3 nitrogen and oxygen atoms in total. The number of nitrogens with zero attached hydrogens (tertiary/aromatic N) is 3. The Morgan fingerprint density at radius 2 is 1.68 bits per heavy atom. The number of para-hydroxylation sites is 1. The summed E-state index contributed by atoms with van der Waals surface area (Å²) in [4.78, 5) is 4.30. The smallest absolute Gasteiger partial charge is 0.123 e. The summed E-state index contributed by atoms with van der Waals surface area (Å²) >= 11 is 0. The van der Waals surface area contributed by atoms with Gasteiger partial charge < -0.3 is 0 Å². The van der Waals surface area contributed by atoms with Crippen molar-refractivity contribution in [2.45, 2.75) is 6.54 Å². The largest absolute Gasteiger partial charge is 0.260 e. The van der Waals surface area contributed by atoms with Crippen molar-refractivity contribution in [1.82, 2.24) is 14.8 Å². The number of hydrogen-bond donors (Lipinski definition) is 0. The second-order valence-corrected chi connectivity index (χ2v) is 5.77. The Hall–Kier alpha value is -3.27. The molecule has 2 aromatic heterocycles. The van der Waals surface area contributed by atoms with Crippen LogP contribution in [0.25, 0.3) is 23.1 Å². The fourth-order valence-corrected chi connectivity index (χ4v) is 2.80. The average molecular weight is 329 g/mol. The summed E-state index contributed by atoms with van der Waals surface area (Å²) in [5.41, 5.74) is 3.84. The van der Waals surface area contributed by atoms with Crippen molar-refractivity contribution in [1.29, 1.82) is 0 Å². The first-order valence-electron chi connectivity index (χ1n) is 8.09. The highest BCUT2D eigenvalue weighted by molar-refractivity contribution is 5.89. The van der Waals surface area contributed by atoms with E-state index in [1.54, 1.807) is 18.3 Å². The minimum absolute atomic E-state index is 0.229. The van der Waals surface area contributed by atoms with E-state index in [1.807, 2.05) is 53.2 Å². The van der Waals surface area contributed by atoms with E-state index >= 15 is 0 Å². The first-order chi connectivity index (χ1) is 12.3. The highest BCUT2D eigenvalue weighted by atomic mass is 19.1. The van der Waals surface area contributed by atoms with Crippen molar-refractivity contribution in [3.8, 4) is 0 Å². The summed E-state index contributed by atoms with van der Waals surface area (Å²) < 4.78 is 15.1. The van der Waals surface area contributed by atoms with Crippen LogP contribution >= 0.6 is 0 Å². The molecule has 0 spiro atoms. The van der Waals surface area contributed by atoms with Gasteiger partial charge in [0, 0.05) is 11.6 Å². The molecule has 2 heterocycles. The van der Waals surface area contributed by atoms with Crippen LogP contribution in [-0.2, 0) is 6.54 Å². The maximum absolute atomic E-state index is 13.1. The maximum Gasteiger partial charge on any atom is 0.123 e. The third kappa shape index (κ3) is 3.33. The number of rotatable bonds is 4. The molecule has 2 aromatic carbocycles. The molecule has 0 aliphatic carbocycles. The number of benzene rings is 2. The highest BCUT2D eigenvalue weighted by Crippen LogP contribution is 2.21. The molecule has 0 bridgehead atoms. The molecule has 0 fully saturated rings. The quantitative estimate of drug-likeness (QED) is 0.539. The van der Waals surface area contributed by atoms with Gasteiger partial charge in [0.15, 0.2) is 0 Å². The molecule has 0 unspecified atom stereocenters. The third-order valence-electron chi connectivity index (χ3n) is 4.03. The molecule has 0 N–H and O–H groups in total. The molecule has 0 atom stereocenters. The molecule has 0 saturated heterocycles. The highest BCUT2D eigenvalue weighted by Gasteiger charge is 2.08. The van der Waals surface area contributed by atoms with E-state index in [0.29, 0.717) is 6.54 Å². The standard InChI is InChI=1S/C21H16FN3/c22-17-10-8-16(9-11-17)15-25-21-7-2-1-6-19(21)20(24-25)13-12-18-5-3-4-14-23-18/h1-14H,15H2. The topological polar surface area (TPSA) is 30.7 Å². The van der Waals surface area contributed by atoms with Crippen molar-refractivity contribution in [3.63, 3.8) is 0 Å². The van der Waals surface area contributed by atoms with Crippen molar-refractivity contribution < 1.29 is 4.39 Å². The van der Waals surface area contributed by atoms with Gasteiger partial charge in [-0.05, 0) is 48.0 Å². The van der Waals surface area contributed by atoms with Crippen LogP contribution in [0.4, 0.5) is 4.39 Å². The molecular formula is C21H16FN3. The van der Waals surface area contributed by atoms with E-state index < -0.39 is 0 Å². The van der Waals surface area contributed by atoms with Crippen molar-refractivity contribution in [3.05, 3.63) is 95.7 Å². The van der Waals surface area contributed by atoms with Crippen molar-refractivity contribution >= 4 is 23.1 Å². The van der Waals surface area contributed by atoms with Crippen LogP contribution in [-0.4, -0.2) is 14.8 Å². The summed E-state index contributed by atoms with van der Waals surface area (Å²) in [6.07, 6.45) is 5.70. The van der Waals surface area contributed by atoms with Crippen molar-refractivity contribution in [2.24, 2.45) is 0 Å². The number of aromatic nitrogens is 3. The molecule has 0 radical (unpaired) electrons. The summed E-state index contributed by atoms with van der Waals surface area (Å²) in [6.45, 7) is 0.595. The predicted octanol–water partition coefficient (Wildman–Crippen LogP) is 4.79. The Morgan fingerprint density at radius 3 is 2.48 bits per heavy atom. The van der Waals surface area contributed by atoms with Crippen LogP contribution in [0.2, 0.25) is 0 Å². The van der Waals surface area contributed by atoms with Crippen LogP contribution in [0.5, 0.6) is 0 Å². The molecular weight excluding hydrogens is 313 g/mol. The minimum Gasteiger partial charge on any atom is -0.260 e. The first-order valence-corrected chi connectivity index (χ1v) is 8.09. The van der Waals surface area contributed by atoms with Gasteiger partial charge in [0.1, 0.15) is 5.82 Å². The molecule has 4 aromatic rings. The zero-order chi connectivity index (χ0) is 17.1. The lowest BCUT2D eigenvalue weighted by molar-refractivity contribution is 0.625. The molecule has 4 heteroatoms. The van der Waals surface area contributed by atoms with Gasteiger partial charge in [0.25, 0.3) is 0 Å². The molecule has 4 rings (SSSR count). The number of pyridine rings is 1. The molecule has 0 amide bonds. The summed E-state index contributed by atoms with van der Waals surface area (Å²) in [5.74, 6) is -0.229. The Bertz CT molecular complexity index is 1020. The fourth-order valence-electron chi connectivity index (χ4n) is 2.80. The van der Waals surface area contributed by atoms with Gasteiger partial charge in [-0.3, -0.25) is 9.67 Å². The van der Waals surface area contributed by atoms with E-state index in [0.717, 1.165) is 27.9 Å². The van der Waals surface area contributed by atoms with E-state index in [9.17, 15) is 4.39 Å². The zero-order valence-electron chi connectivity index (χ0n) is 13.5. The lowest BCUT2D eigenvalue weighted by atomic mass is 10.2. The summed E-state index contributed by atoms with van der Waals surface area (Å²) in [7, 11) is 0. The van der Waals surface area contributed by atoms with Crippen LogP contribution in [0, 0.1) is 5.82 Å². The fraction of sp³-hybridized carbons (Fsp3) is 0.0476. The second kappa shape index (κ2) is 6.69. The van der Waals surface area contributed by atoms with Gasteiger partial charge in [-0.1, -0.05) is 36.4 Å². The zero-order valence-corrected chi connectivity index (χ0v) is 13.5. The maximum atomic E-state index is 13.1. The average Bonchev–Trinajstić information content (AvgIpc) is 3.01. The van der Waals surface area contributed by atoms with E-state index in [4.69, 9.17) is 5.10 Å². The Kier molecular flexibility index (Phi) is 4.09. The molecule has 122 valence electrons. The van der Waals surface area contributed by atoms with Gasteiger partial charge in [-0.2, -0.15) is 5.10 Å². The molecule has 0 saturated carbocycles. The SMILES string of the molecule is Fc1ccc(Cn2nc(C=Cc3ccccn3)c3ccccc32)cc1. The number of hydrogen-bond acceptors (Lipinski definition) is 2. The van der Waals surface area contributed by atoms with Crippen LogP contribution < -0.4 is 0 Å². The van der Waals surface area contributed by atoms with Crippen LogP contribution in [0.1, 0.15) is 17.0 Å². The predicted molar refractivity (Wildman–Crippen MR) is 98.4 cm³/mol. The number of fused-ring (bicyclic) bond motifs is 1. The summed E-state index contributed by atoms with van der Waals surface area (Å²) in [6, 6.07) is 20.4. The van der Waals surface area contributed by atoms with Gasteiger partial charge in [0.2, 0.25) is 0 Å². The Balaban J connectivity index is 1.71. The van der Waals surface area contributed by atoms with E-state index in [-0.39, 0.29) is 5.82 Å². The van der Waals surface area contributed by atoms with Gasteiger partial charge in [0.05, 0.1) is 23.4 Å². The molecule has 0 aliphatic rings. The first kappa shape index (κ1) is 15.3. The molecule has 0 aliphatic heterocycles. The monoisotopic (exact) mass is 329 g/mol. The van der Waals surface area contributed by atoms with Gasteiger partial charge in [-0.25, -0.2) is 4.39 Å². The van der Waals surface area contributed by atoms with E-state index in [1.165, 1.54) is 12.1 Å². The van der Waals surface area contributed by atoms with Crippen LogP contribution in [0.3, 0.4) is 0 Å². The lowest BCUT2D eigenvalue weighted by Gasteiger charge is -2.03. The molecule has 25 heavy (non-hydrogen) atoms. The normalized spacial score (nSPS) is 11.4.